The number of aromatic nitrogens is 1. The molecular weight excluding hydrogens is 395 g/mol. The maximum absolute atomic E-state index is 13.2. The van der Waals surface area contributed by atoms with Gasteiger partial charge in [0, 0.05) is 13.1 Å². The first-order valence-electron chi connectivity index (χ1n) is 8.16. The highest BCUT2D eigenvalue weighted by molar-refractivity contribution is 7.89. The molecule has 1 fully saturated rings. The lowest BCUT2D eigenvalue weighted by molar-refractivity contribution is 0.0948. The van der Waals surface area contributed by atoms with E-state index in [1.165, 1.54) is 18.3 Å². The number of hydrogen-bond donors (Lipinski definition) is 2. The molecule has 11 heteroatoms. The fourth-order valence-electron chi connectivity index (χ4n) is 2.62. The van der Waals surface area contributed by atoms with Gasteiger partial charge < -0.3 is 9.64 Å². The summed E-state index contributed by atoms with van der Waals surface area (Å²) in [6.07, 6.45) is 0. The van der Waals surface area contributed by atoms with Gasteiger partial charge in [-0.25, -0.2) is 17.8 Å². The molecule has 0 bridgehead atoms. The monoisotopic (exact) mass is 414 g/mol. The highest BCUT2D eigenvalue weighted by atomic mass is 32.2. The highest BCUT2D eigenvalue weighted by Crippen LogP contribution is 2.26. The van der Waals surface area contributed by atoms with Crippen molar-refractivity contribution in [1.29, 1.82) is 0 Å². The average molecular weight is 414 g/mol. The predicted molar refractivity (Wildman–Crippen MR) is 98.8 cm³/mol. The summed E-state index contributed by atoms with van der Waals surface area (Å²) in [6, 6.07) is 3.30. The topological polar surface area (TPSA) is 101 Å². The van der Waals surface area contributed by atoms with Crippen LogP contribution in [0.2, 0.25) is 0 Å². The number of amides is 1. The zero-order chi connectivity index (χ0) is 19.6. The van der Waals surface area contributed by atoms with Gasteiger partial charge in [0.05, 0.1) is 23.8 Å². The number of nitrogens with zero attached hydrogens (tertiary/aromatic N) is 2. The summed E-state index contributed by atoms with van der Waals surface area (Å²) in [7, 11) is -4.03. The van der Waals surface area contributed by atoms with Crippen molar-refractivity contribution in [2.75, 3.05) is 31.2 Å². The van der Waals surface area contributed by atoms with E-state index in [9.17, 15) is 17.6 Å². The van der Waals surface area contributed by atoms with E-state index in [0.29, 0.717) is 42.0 Å². The second-order valence-corrected chi connectivity index (χ2v) is 8.61. The number of carbonyl (C=O) groups excluding carboxylic acids is 1. The number of hydrazine groups is 1. The van der Waals surface area contributed by atoms with Crippen molar-refractivity contribution in [2.45, 2.75) is 18.7 Å². The molecule has 3 rings (SSSR count). The van der Waals surface area contributed by atoms with Gasteiger partial charge in [0.25, 0.3) is 15.9 Å². The van der Waals surface area contributed by atoms with Gasteiger partial charge in [0.15, 0.2) is 5.13 Å². The Bertz CT molecular complexity index is 955. The first-order chi connectivity index (χ1) is 12.8. The summed E-state index contributed by atoms with van der Waals surface area (Å²) in [5.41, 5.74) is 2.94. The van der Waals surface area contributed by atoms with Gasteiger partial charge in [0.2, 0.25) is 0 Å². The number of rotatable bonds is 5. The van der Waals surface area contributed by atoms with Gasteiger partial charge in [-0.2, -0.15) is 0 Å². The molecule has 1 saturated heterocycles. The molecule has 1 amide bonds. The van der Waals surface area contributed by atoms with E-state index < -0.39 is 21.7 Å². The van der Waals surface area contributed by atoms with Crippen molar-refractivity contribution in [1.82, 2.24) is 15.2 Å². The fraction of sp³-hybridized carbons (Fsp3) is 0.375. The van der Waals surface area contributed by atoms with Crippen LogP contribution in [0.25, 0.3) is 0 Å². The number of anilines is 1. The first kappa shape index (κ1) is 19.7. The summed E-state index contributed by atoms with van der Waals surface area (Å²) in [5.74, 6) is -1.14. The number of ether oxygens (including phenoxy) is 1. The predicted octanol–water partition coefficient (Wildman–Crippen LogP) is 1.36. The summed E-state index contributed by atoms with van der Waals surface area (Å²) in [6.45, 7) is 5.72. The number of halogens is 1. The molecule has 1 aromatic carbocycles. The quantitative estimate of drug-likeness (QED) is 0.717. The molecule has 0 unspecified atom stereocenters. The van der Waals surface area contributed by atoms with E-state index in [1.54, 1.807) is 6.92 Å². The van der Waals surface area contributed by atoms with Crippen molar-refractivity contribution < 1.29 is 22.3 Å². The highest BCUT2D eigenvalue weighted by Gasteiger charge is 2.23. The van der Waals surface area contributed by atoms with Gasteiger partial charge in [-0.1, -0.05) is 11.3 Å². The number of benzene rings is 1. The maximum atomic E-state index is 13.2. The summed E-state index contributed by atoms with van der Waals surface area (Å²) >= 11 is 1.19. The van der Waals surface area contributed by atoms with Crippen LogP contribution in [-0.2, 0) is 14.8 Å². The van der Waals surface area contributed by atoms with Crippen molar-refractivity contribution in [3.8, 4) is 0 Å². The Morgan fingerprint density at radius 3 is 2.67 bits per heavy atom. The number of aryl methyl sites for hydroxylation is 2. The van der Waals surface area contributed by atoms with E-state index in [1.807, 2.05) is 9.73 Å². The molecular formula is C16H19FN4O4S2. The molecule has 0 radical (unpaired) electrons. The van der Waals surface area contributed by atoms with E-state index in [-0.39, 0.29) is 10.5 Å². The Morgan fingerprint density at radius 1 is 1.30 bits per heavy atom. The van der Waals surface area contributed by atoms with Gasteiger partial charge in [-0.05, 0) is 37.6 Å². The molecule has 0 spiro atoms. The van der Waals surface area contributed by atoms with Gasteiger partial charge in [0.1, 0.15) is 10.7 Å². The van der Waals surface area contributed by atoms with Crippen LogP contribution < -0.4 is 15.2 Å². The molecule has 1 aromatic heterocycles. The van der Waals surface area contributed by atoms with E-state index in [0.717, 1.165) is 18.2 Å². The lowest BCUT2D eigenvalue weighted by atomic mass is 10.2. The SMILES string of the molecule is Cc1cc(F)ccc1S(=O)(=O)NNC(=O)c1sc(N2CCOCC2)nc1C. The van der Waals surface area contributed by atoms with Crippen LogP contribution in [0.4, 0.5) is 9.52 Å². The minimum absolute atomic E-state index is 0.112. The first-order valence-corrected chi connectivity index (χ1v) is 10.5. The molecule has 0 atom stereocenters. The number of hydrogen-bond acceptors (Lipinski definition) is 7. The molecule has 2 N–H and O–H groups in total. The molecule has 2 aromatic rings. The van der Waals surface area contributed by atoms with Crippen LogP contribution >= 0.6 is 11.3 Å². The van der Waals surface area contributed by atoms with Crippen molar-refractivity contribution >= 4 is 32.4 Å². The molecule has 146 valence electrons. The molecule has 0 aliphatic carbocycles. The van der Waals surface area contributed by atoms with Crippen LogP contribution in [0, 0.1) is 19.7 Å². The standard InChI is InChI=1S/C16H19FN4O4S2/c1-10-9-12(17)3-4-13(10)27(23,24)20-19-15(22)14-11(2)18-16(26-14)21-5-7-25-8-6-21/h3-4,9,20H,5-8H2,1-2H3,(H,19,22). The number of thiazole rings is 1. The van der Waals surface area contributed by atoms with Crippen LogP contribution in [-0.4, -0.2) is 45.6 Å². The Kier molecular flexibility index (Phi) is 5.75. The largest absolute Gasteiger partial charge is 0.378 e. The molecule has 8 nitrogen and oxygen atoms in total. The summed E-state index contributed by atoms with van der Waals surface area (Å²) in [4.78, 5) is 21.1. The van der Waals surface area contributed by atoms with Gasteiger partial charge >= 0.3 is 0 Å². The van der Waals surface area contributed by atoms with Crippen LogP contribution in [0.1, 0.15) is 20.9 Å². The van der Waals surface area contributed by atoms with Crippen molar-refractivity contribution in [3.05, 3.63) is 40.2 Å². The Hall–Kier alpha value is -2.08. The lowest BCUT2D eigenvalue weighted by Crippen LogP contribution is -2.41. The third kappa shape index (κ3) is 4.43. The van der Waals surface area contributed by atoms with Crippen LogP contribution in [0.5, 0.6) is 0 Å². The van der Waals surface area contributed by atoms with Gasteiger partial charge in [-0.15, -0.1) is 4.83 Å². The van der Waals surface area contributed by atoms with Gasteiger partial charge in [-0.3, -0.25) is 10.2 Å². The Morgan fingerprint density at radius 2 is 2.00 bits per heavy atom. The number of nitrogens with one attached hydrogen (secondary N) is 2. The zero-order valence-corrected chi connectivity index (χ0v) is 16.4. The van der Waals surface area contributed by atoms with E-state index in [4.69, 9.17) is 4.74 Å². The maximum Gasteiger partial charge on any atom is 0.278 e. The third-order valence-electron chi connectivity index (χ3n) is 4.00. The molecule has 0 saturated carbocycles. The zero-order valence-electron chi connectivity index (χ0n) is 14.8. The van der Waals surface area contributed by atoms with E-state index >= 15 is 0 Å². The fourth-order valence-corrected chi connectivity index (χ4v) is 4.70. The third-order valence-corrected chi connectivity index (χ3v) is 6.62. The van der Waals surface area contributed by atoms with Crippen LogP contribution in [0.3, 0.4) is 0 Å². The second-order valence-electron chi connectivity index (χ2n) is 5.98. The Balaban J connectivity index is 1.71. The molecule has 1 aliphatic rings. The summed E-state index contributed by atoms with van der Waals surface area (Å²) in [5, 5.41) is 0.693. The molecule has 1 aliphatic heterocycles. The average Bonchev–Trinajstić information content (AvgIpc) is 3.02. The summed E-state index contributed by atoms with van der Waals surface area (Å²) < 4.78 is 43.2. The van der Waals surface area contributed by atoms with Crippen LogP contribution in [0.15, 0.2) is 23.1 Å². The number of carbonyl (C=O) groups is 1. The molecule has 2 heterocycles. The lowest BCUT2D eigenvalue weighted by Gasteiger charge is -2.25. The smallest absolute Gasteiger partial charge is 0.278 e. The van der Waals surface area contributed by atoms with E-state index in [2.05, 4.69) is 10.4 Å². The minimum atomic E-state index is -4.03. The normalized spacial score (nSPS) is 15.0. The number of morpholine rings is 1. The Labute approximate surface area is 160 Å². The van der Waals surface area contributed by atoms with Crippen molar-refractivity contribution in [3.63, 3.8) is 0 Å². The van der Waals surface area contributed by atoms with Crippen molar-refractivity contribution in [2.24, 2.45) is 0 Å². The minimum Gasteiger partial charge on any atom is -0.378 e. The second kappa shape index (κ2) is 7.89. The molecule has 27 heavy (non-hydrogen) atoms. The number of sulfonamides is 1.